The summed E-state index contributed by atoms with van der Waals surface area (Å²) in [6.45, 7) is 0.0955. The van der Waals surface area contributed by atoms with Crippen molar-refractivity contribution in [3.63, 3.8) is 0 Å². The summed E-state index contributed by atoms with van der Waals surface area (Å²) in [5, 5.41) is 2.73. The van der Waals surface area contributed by atoms with Gasteiger partial charge in [-0.05, 0) is 30.2 Å². The molecule has 0 aromatic heterocycles. The molecule has 0 saturated heterocycles. The van der Waals surface area contributed by atoms with E-state index >= 15 is 0 Å². The monoisotopic (exact) mass is 387 g/mol. The largest absolute Gasteiger partial charge is 0.496 e. The number of amides is 1. The number of carbonyl (C=O) groups is 2. The Bertz CT molecular complexity index is 805. The van der Waals surface area contributed by atoms with Crippen LogP contribution in [-0.2, 0) is 27.2 Å². The molecule has 0 radical (unpaired) electrons. The van der Waals surface area contributed by atoms with Crippen molar-refractivity contribution in [3.8, 4) is 17.2 Å². The van der Waals surface area contributed by atoms with Crippen LogP contribution in [0.3, 0.4) is 0 Å². The molecular formula is C21H25NO6. The first kappa shape index (κ1) is 21.1. The van der Waals surface area contributed by atoms with Crippen molar-refractivity contribution in [2.24, 2.45) is 0 Å². The molecule has 0 spiro atoms. The fourth-order valence-electron chi connectivity index (χ4n) is 2.64. The highest BCUT2D eigenvalue weighted by Gasteiger charge is 2.11. The molecule has 0 heterocycles. The average Bonchev–Trinajstić information content (AvgIpc) is 2.72. The van der Waals surface area contributed by atoms with E-state index in [4.69, 9.17) is 18.9 Å². The lowest BCUT2D eigenvalue weighted by Gasteiger charge is -2.10. The summed E-state index contributed by atoms with van der Waals surface area (Å²) in [5.41, 5.74) is 1.70. The Hall–Kier alpha value is -3.22. The van der Waals surface area contributed by atoms with E-state index in [0.717, 1.165) is 5.56 Å². The van der Waals surface area contributed by atoms with Crippen molar-refractivity contribution in [1.82, 2.24) is 5.32 Å². The van der Waals surface area contributed by atoms with Crippen molar-refractivity contribution >= 4 is 11.9 Å². The van der Waals surface area contributed by atoms with Crippen molar-refractivity contribution in [2.75, 3.05) is 34.5 Å². The Balaban J connectivity index is 1.73. The van der Waals surface area contributed by atoms with E-state index in [1.807, 2.05) is 30.3 Å². The number of benzene rings is 2. The standard InChI is InChI=1S/C21H25NO6/c1-25-17-7-5-4-6-16(17)13-21(24)28-14-20(23)22-11-10-15-8-9-18(26-2)19(12-15)27-3/h4-9,12H,10-11,13-14H2,1-3H3,(H,22,23). The molecule has 0 aliphatic carbocycles. The highest BCUT2D eigenvalue weighted by Crippen LogP contribution is 2.27. The van der Waals surface area contributed by atoms with Gasteiger partial charge in [0, 0.05) is 12.1 Å². The average molecular weight is 387 g/mol. The second-order valence-corrected chi connectivity index (χ2v) is 5.94. The van der Waals surface area contributed by atoms with Crippen LogP contribution < -0.4 is 19.5 Å². The lowest BCUT2D eigenvalue weighted by atomic mass is 10.1. The summed E-state index contributed by atoms with van der Waals surface area (Å²) in [6, 6.07) is 12.8. The predicted molar refractivity (Wildman–Crippen MR) is 104 cm³/mol. The van der Waals surface area contributed by atoms with Crippen LogP contribution >= 0.6 is 0 Å². The third-order valence-electron chi connectivity index (χ3n) is 4.08. The van der Waals surface area contributed by atoms with Gasteiger partial charge in [-0.2, -0.15) is 0 Å². The minimum absolute atomic E-state index is 0.0446. The van der Waals surface area contributed by atoms with Crippen LogP contribution in [-0.4, -0.2) is 46.4 Å². The van der Waals surface area contributed by atoms with Crippen LogP contribution in [0.4, 0.5) is 0 Å². The Morgan fingerprint density at radius 2 is 1.61 bits per heavy atom. The molecule has 1 amide bonds. The maximum atomic E-state index is 11.9. The minimum Gasteiger partial charge on any atom is -0.496 e. The molecule has 7 nitrogen and oxygen atoms in total. The lowest BCUT2D eigenvalue weighted by molar-refractivity contribution is -0.147. The number of para-hydroxylation sites is 1. The number of nitrogens with one attached hydrogen (secondary N) is 1. The summed E-state index contributed by atoms with van der Waals surface area (Å²) in [7, 11) is 4.69. The zero-order valence-corrected chi connectivity index (χ0v) is 16.3. The zero-order chi connectivity index (χ0) is 20.4. The number of ether oxygens (including phenoxy) is 4. The minimum atomic E-state index is -0.487. The number of hydrogen-bond acceptors (Lipinski definition) is 6. The first-order valence-corrected chi connectivity index (χ1v) is 8.82. The molecule has 0 saturated carbocycles. The van der Waals surface area contributed by atoms with E-state index in [0.29, 0.717) is 35.8 Å². The van der Waals surface area contributed by atoms with E-state index in [1.54, 1.807) is 26.4 Å². The highest BCUT2D eigenvalue weighted by atomic mass is 16.5. The van der Waals surface area contributed by atoms with Gasteiger partial charge in [-0.25, -0.2) is 0 Å². The van der Waals surface area contributed by atoms with Crippen molar-refractivity contribution < 1.29 is 28.5 Å². The molecule has 0 bridgehead atoms. The molecule has 28 heavy (non-hydrogen) atoms. The fraction of sp³-hybridized carbons (Fsp3) is 0.333. The summed E-state index contributed by atoms with van der Waals surface area (Å²) >= 11 is 0. The van der Waals surface area contributed by atoms with Gasteiger partial charge in [0.25, 0.3) is 5.91 Å². The maximum Gasteiger partial charge on any atom is 0.310 e. The summed E-state index contributed by atoms with van der Waals surface area (Å²) < 4.78 is 20.7. The van der Waals surface area contributed by atoms with Gasteiger partial charge in [-0.1, -0.05) is 24.3 Å². The van der Waals surface area contributed by atoms with Crippen LogP contribution in [0.5, 0.6) is 17.2 Å². The third kappa shape index (κ3) is 6.19. The highest BCUT2D eigenvalue weighted by molar-refractivity contribution is 5.81. The SMILES string of the molecule is COc1ccccc1CC(=O)OCC(=O)NCCc1ccc(OC)c(OC)c1. The van der Waals surface area contributed by atoms with Gasteiger partial charge in [0.15, 0.2) is 18.1 Å². The van der Waals surface area contributed by atoms with Crippen LogP contribution in [0.15, 0.2) is 42.5 Å². The number of hydrogen-bond donors (Lipinski definition) is 1. The molecule has 1 N–H and O–H groups in total. The second kappa shape index (κ2) is 10.8. The van der Waals surface area contributed by atoms with Gasteiger partial charge in [0.2, 0.25) is 0 Å². The Kier molecular flexibility index (Phi) is 8.14. The van der Waals surface area contributed by atoms with Gasteiger partial charge in [0.1, 0.15) is 5.75 Å². The van der Waals surface area contributed by atoms with Crippen LogP contribution in [0.2, 0.25) is 0 Å². The third-order valence-corrected chi connectivity index (χ3v) is 4.08. The maximum absolute atomic E-state index is 11.9. The molecule has 2 aromatic carbocycles. The summed E-state index contributed by atoms with van der Waals surface area (Å²) in [4.78, 5) is 23.8. The first-order chi connectivity index (χ1) is 13.6. The van der Waals surface area contributed by atoms with E-state index in [9.17, 15) is 9.59 Å². The Morgan fingerprint density at radius 3 is 2.32 bits per heavy atom. The molecule has 0 aliphatic heterocycles. The molecule has 2 rings (SSSR count). The van der Waals surface area contributed by atoms with Crippen LogP contribution in [0, 0.1) is 0 Å². The Labute approximate surface area is 164 Å². The van der Waals surface area contributed by atoms with Crippen molar-refractivity contribution in [3.05, 3.63) is 53.6 Å². The van der Waals surface area contributed by atoms with Crippen LogP contribution in [0.25, 0.3) is 0 Å². The molecule has 0 unspecified atom stereocenters. The second-order valence-electron chi connectivity index (χ2n) is 5.94. The summed E-state index contributed by atoms with van der Waals surface area (Å²) in [5.74, 6) is 1.06. The van der Waals surface area contributed by atoms with Gasteiger partial charge in [-0.15, -0.1) is 0 Å². The molecule has 150 valence electrons. The quantitative estimate of drug-likeness (QED) is 0.629. The number of carbonyl (C=O) groups excluding carboxylic acids is 2. The first-order valence-electron chi connectivity index (χ1n) is 8.82. The molecular weight excluding hydrogens is 362 g/mol. The Morgan fingerprint density at radius 1 is 0.893 bits per heavy atom. The van der Waals surface area contributed by atoms with Crippen LogP contribution in [0.1, 0.15) is 11.1 Å². The van der Waals surface area contributed by atoms with E-state index in [-0.39, 0.29) is 18.9 Å². The fourth-order valence-corrected chi connectivity index (χ4v) is 2.64. The molecule has 2 aromatic rings. The zero-order valence-electron chi connectivity index (χ0n) is 16.3. The molecule has 0 fully saturated rings. The van der Waals surface area contributed by atoms with Gasteiger partial charge in [-0.3, -0.25) is 9.59 Å². The van der Waals surface area contributed by atoms with Gasteiger partial charge in [0.05, 0.1) is 27.8 Å². The van der Waals surface area contributed by atoms with Crippen molar-refractivity contribution in [1.29, 1.82) is 0 Å². The topological polar surface area (TPSA) is 83.1 Å². The van der Waals surface area contributed by atoms with E-state index in [1.165, 1.54) is 7.11 Å². The van der Waals surface area contributed by atoms with E-state index < -0.39 is 5.97 Å². The number of esters is 1. The number of rotatable bonds is 10. The normalized spacial score (nSPS) is 10.1. The van der Waals surface area contributed by atoms with E-state index in [2.05, 4.69) is 5.32 Å². The number of methoxy groups -OCH3 is 3. The summed E-state index contributed by atoms with van der Waals surface area (Å²) in [6.07, 6.45) is 0.657. The molecule has 0 aliphatic rings. The van der Waals surface area contributed by atoms with Crippen molar-refractivity contribution in [2.45, 2.75) is 12.8 Å². The smallest absolute Gasteiger partial charge is 0.310 e. The molecule has 0 atom stereocenters. The molecule has 7 heteroatoms. The predicted octanol–water partition coefficient (Wildman–Crippen LogP) is 2.16. The van der Waals surface area contributed by atoms with Gasteiger partial charge < -0.3 is 24.3 Å². The lowest BCUT2D eigenvalue weighted by Crippen LogP contribution is -2.30. The van der Waals surface area contributed by atoms with Gasteiger partial charge >= 0.3 is 5.97 Å².